The fourth-order valence-electron chi connectivity index (χ4n) is 1.72. The van der Waals surface area contributed by atoms with Gasteiger partial charge in [0.2, 0.25) is 0 Å². The first kappa shape index (κ1) is 14.2. The lowest BCUT2D eigenvalue weighted by atomic mass is 10.2. The third-order valence-corrected chi connectivity index (χ3v) is 2.51. The van der Waals surface area contributed by atoms with Crippen LogP contribution in [-0.2, 0) is 6.54 Å². The van der Waals surface area contributed by atoms with Gasteiger partial charge in [-0.25, -0.2) is 8.78 Å². The summed E-state index contributed by atoms with van der Waals surface area (Å²) in [5.74, 6) is -1.42. The highest BCUT2D eigenvalue weighted by Gasteiger charge is 2.09. The summed E-state index contributed by atoms with van der Waals surface area (Å²) in [6.07, 6.45) is 0. The Bertz CT molecular complexity index is 569. The third kappa shape index (κ3) is 3.88. The molecule has 6 heteroatoms. The SMILES string of the molecule is Fc1cc(F)cc(CNc2ccccc2OC(F)F)c1. The number of para-hydroxylation sites is 2. The predicted molar refractivity (Wildman–Crippen MR) is 66.8 cm³/mol. The number of alkyl halides is 2. The van der Waals surface area contributed by atoms with E-state index >= 15 is 0 Å². The van der Waals surface area contributed by atoms with Gasteiger partial charge in [-0.15, -0.1) is 0 Å². The molecule has 2 rings (SSSR count). The second-order valence-corrected chi connectivity index (χ2v) is 4.01. The largest absolute Gasteiger partial charge is 0.433 e. The Balaban J connectivity index is 2.10. The monoisotopic (exact) mass is 285 g/mol. The number of rotatable bonds is 5. The molecule has 106 valence electrons. The van der Waals surface area contributed by atoms with E-state index in [0.29, 0.717) is 11.3 Å². The fraction of sp³-hybridized carbons (Fsp3) is 0.143. The van der Waals surface area contributed by atoms with E-state index in [1.165, 1.54) is 12.1 Å². The number of hydrogen-bond acceptors (Lipinski definition) is 2. The van der Waals surface area contributed by atoms with Crippen molar-refractivity contribution < 1.29 is 22.3 Å². The van der Waals surface area contributed by atoms with Crippen molar-refractivity contribution in [3.8, 4) is 5.75 Å². The molecule has 0 saturated heterocycles. The number of benzene rings is 2. The molecule has 0 aromatic heterocycles. The highest BCUT2D eigenvalue weighted by molar-refractivity contribution is 5.56. The average molecular weight is 285 g/mol. The lowest BCUT2D eigenvalue weighted by Gasteiger charge is -2.12. The van der Waals surface area contributed by atoms with Crippen LogP contribution in [-0.4, -0.2) is 6.61 Å². The molecule has 0 amide bonds. The molecule has 0 bridgehead atoms. The van der Waals surface area contributed by atoms with Crippen molar-refractivity contribution in [1.29, 1.82) is 0 Å². The molecule has 2 aromatic carbocycles. The standard InChI is InChI=1S/C14H11F4NO/c15-10-5-9(6-11(16)7-10)8-19-12-3-1-2-4-13(12)20-14(17)18/h1-7,14,19H,8H2. The maximum absolute atomic E-state index is 13.0. The Morgan fingerprint density at radius 1 is 1.00 bits per heavy atom. The van der Waals surface area contributed by atoms with Gasteiger partial charge in [0.25, 0.3) is 0 Å². The van der Waals surface area contributed by atoms with Crippen LogP contribution in [0.5, 0.6) is 5.75 Å². The lowest BCUT2D eigenvalue weighted by Crippen LogP contribution is -2.06. The molecule has 0 fully saturated rings. The van der Waals surface area contributed by atoms with Crippen molar-refractivity contribution in [3.63, 3.8) is 0 Å². The quantitative estimate of drug-likeness (QED) is 0.832. The van der Waals surface area contributed by atoms with E-state index in [1.807, 2.05) is 0 Å². The van der Waals surface area contributed by atoms with E-state index in [9.17, 15) is 17.6 Å². The molecule has 2 nitrogen and oxygen atoms in total. The second-order valence-electron chi connectivity index (χ2n) is 4.01. The number of anilines is 1. The van der Waals surface area contributed by atoms with Crippen LogP contribution in [0.1, 0.15) is 5.56 Å². The highest BCUT2D eigenvalue weighted by atomic mass is 19.3. The molecule has 0 aliphatic rings. The van der Waals surface area contributed by atoms with E-state index in [1.54, 1.807) is 12.1 Å². The van der Waals surface area contributed by atoms with E-state index in [2.05, 4.69) is 10.1 Å². The van der Waals surface area contributed by atoms with Gasteiger partial charge in [-0.05, 0) is 29.8 Å². The first-order chi connectivity index (χ1) is 9.54. The number of nitrogens with one attached hydrogen (secondary N) is 1. The zero-order valence-electron chi connectivity index (χ0n) is 10.2. The summed E-state index contributed by atoms with van der Waals surface area (Å²) in [4.78, 5) is 0. The van der Waals surface area contributed by atoms with Crippen LogP contribution in [0.3, 0.4) is 0 Å². The van der Waals surface area contributed by atoms with Gasteiger partial charge in [-0.3, -0.25) is 0 Å². The normalized spacial score (nSPS) is 10.7. The van der Waals surface area contributed by atoms with E-state index < -0.39 is 18.2 Å². The fourth-order valence-corrected chi connectivity index (χ4v) is 1.72. The Morgan fingerprint density at radius 3 is 2.30 bits per heavy atom. The molecule has 2 aromatic rings. The molecule has 0 saturated carbocycles. The summed E-state index contributed by atoms with van der Waals surface area (Å²) < 4.78 is 54.8. The Kier molecular flexibility index (Phi) is 4.45. The van der Waals surface area contributed by atoms with Crippen molar-refractivity contribution in [1.82, 2.24) is 0 Å². The molecule has 1 N–H and O–H groups in total. The Morgan fingerprint density at radius 2 is 1.65 bits per heavy atom. The molecule has 0 radical (unpaired) electrons. The van der Waals surface area contributed by atoms with Crippen LogP contribution in [0.4, 0.5) is 23.2 Å². The molecule has 0 aliphatic heterocycles. The molecule has 0 heterocycles. The maximum Gasteiger partial charge on any atom is 0.387 e. The van der Waals surface area contributed by atoms with Gasteiger partial charge in [0, 0.05) is 12.6 Å². The molecular weight excluding hydrogens is 274 g/mol. The zero-order valence-corrected chi connectivity index (χ0v) is 10.2. The molecular formula is C14H11F4NO. The van der Waals surface area contributed by atoms with Crippen molar-refractivity contribution in [2.45, 2.75) is 13.2 Å². The second kappa shape index (κ2) is 6.27. The first-order valence-electron chi connectivity index (χ1n) is 5.77. The first-order valence-corrected chi connectivity index (χ1v) is 5.77. The topological polar surface area (TPSA) is 21.3 Å². The average Bonchev–Trinajstić information content (AvgIpc) is 2.36. The Labute approximate surface area is 113 Å². The molecule has 0 unspecified atom stereocenters. The van der Waals surface area contributed by atoms with Crippen LogP contribution >= 0.6 is 0 Å². The minimum atomic E-state index is -2.94. The van der Waals surface area contributed by atoms with E-state index in [-0.39, 0.29) is 12.3 Å². The lowest BCUT2D eigenvalue weighted by molar-refractivity contribution is -0.0493. The van der Waals surface area contributed by atoms with Gasteiger partial charge in [0.15, 0.2) is 0 Å². The molecule has 0 atom stereocenters. The van der Waals surface area contributed by atoms with Crippen molar-refractivity contribution >= 4 is 5.69 Å². The smallest absolute Gasteiger partial charge is 0.387 e. The van der Waals surface area contributed by atoms with Crippen molar-refractivity contribution in [2.24, 2.45) is 0 Å². The summed E-state index contributed by atoms with van der Waals surface area (Å²) in [6.45, 7) is -2.86. The van der Waals surface area contributed by atoms with Crippen molar-refractivity contribution in [2.75, 3.05) is 5.32 Å². The van der Waals surface area contributed by atoms with Crippen LogP contribution < -0.4 is 10.1 Å². The minimum absolute atomic E-state index is 0.0284. The summed E-state index contributed by atoms with van der Waals surface area (Å²) in [6, 6.07) is 9.17. The van der Waals surface area contributed by atoms with Gasteiger partial charge in [0.1, 0.15) is 17.4 Å². The molecule has 0 aliphatic carbocycles. The highest BCUT2D eigenvalue weighted by Crippen LogP contribution is 2.26. The predicted octanol–water partition coefficient (Wildman–Crippen LogP) is 4.18. The van der Waals surface area contributed by atoms with E-state index in [4.69, 9.17) is 0 Å². The van der Waals surface area contributed by atoms with Crippen LogP contribution in [0.2, 0.25) is 0 Å². The maximum atomic E-state index is 13.0. The van der Waals surface area contributed by atoms with E-state index in [0.717, 1.165) is 18.2 Å². The summed E-state index contributed by atoms with van der Waals surface area (Å²) in [5, 5.41) is 2.80. The van der Waals surface area contributed by atoms with Gasteiger partial charge in [-0.1, -0.05) is 12.1 Å². The van der Waals surface area contributed by atoms with Gasteiger partial charge >= 0.3 is 6.61 Å². The van der Waals surface area contributed by atoms with Gasteiger partial charge in [0.05, 0.1) is 5.69 Å². The molecule has 0 spiro atoms. The third-order valence-electron chi connectivity index (χ3n) is 2.51. The summed E-state index contributed by atoms with van der Waals surface area (Å²) in [7, 11) is 0. The van der Waals surface area contributed by atoms with Gasteiger partial charge in [-0.2, -0.15) is 8.78 Å². The van der Waals surface area contributed by atoms with Crippen LogP contribution in [0.15, 0.2) is 42.5 Å². The Hall–Kier alpha value is -2.24. The number of hydrogen-bond donors (Lipinski definition) is 1. The molecule has 20 heavy (non-hydrogen) atoms. The minimum Gasteiger partial charge on any atom is -0.433 e. The van der Waals surface area contributed by atoms with Crippen molar-refractivity contribution in [3.05, 3.63) is 59.7 Å². The number of halogens is 4. The summed E-state index contributed by atoms with van der Waals surface area (Å²) in [5.41, 5.74) is 0.673. The zero-order chi connectivity index (χ0) is 14.5. The van der Waals surface area contributed by atoms with Gasteiger partial charge < -0.3 is 10.1 Å². The van der Waals surface area contributed by atoms with Crippen LogP contribution in [0, 0.1) is 11.6 Å². The van der Waals surface area contributed by atoms with Crippen LogP contribution in [0.25, 0.3) is 0 Å². The summed E-state index contributed by atoms with van der Waals surface area (Å²) >= 11 is 0. The number of ether oxygens (including phenoxy) is 1.